The Morgan fingerprint density at radius 1 is 1.40 bits per heavy atom. The summed E-state index contributed by atoms with van der Waals surface area (Å²) in [5, 5.41) is 6.78. The van der Waals surface area contributed by atoms with Crippen molar-refractivity contribution in [3.63, 3.8) is 0 Å². The molecule has 0 aromatic carbocycles. The van der Waals surface area contributed by atoms with Crippen molar-refractivity contribution in [1.82, 2.24) is 9.78 Å². The smallest absolute Gasteiger partial charge is 0.383 e. The third kappa shape index (κ3) is 5.52. The predicted molar refractivity (Wildman–Crippen MR) is 74.9 cm³/mol. The molecule has 0 radical (unpaired) electrons. The molecule has 1 heterocycles. The molecule has 1 aromatic rings. The zero-order chi connectivity index (χ0) is 15.2. The highest BCUT2D eigenvalue weighted by atomic mass is 79.9. The Labute approximate surface area is 123 Å². The molecule has 0 aliphatic rings. The van der Waals surface area contributed by atoms with Crippen LogP contribution in [0.1, 0.15) is 32.6 Å². The lowest BCUT2D eigenvalue weighted by Crippen LogP contribution is -2.24. The molecular weight excluding hydrogens is 339 g/mol. The molecule has 1 aromatic heterocycles. The molecule has 0 bridgehead atoms. The van der Waals surface area contributed by atoms with Gasteiger partial charge in [0.1, 0.15) is 4.47 Å². The van der Waals surface area contributed by atoms with Gasteiger partial charge in [0.05, 0.1) is 11.9 Å². The average Bonchev–Trinajstić information content (AvgIpc) is 2.37. The summed E-state index contributed by atoms with van der Waals surface area (Å²) in [4.78, 5) is 11.9. The van der Waals surface area contributed by atoms with Gasteiger partial charge in [0.25, 0.3) is 5.56 Å². The van der Waals surface area contributed by atoms with Gasteiger partial charge in [-0.2, -0.15) is 18.3 Å². The van der Waals surface area contributed by atoms with Crippen LogP contribution < -0.4 is 10.9 Å². The number of alkyl halides is 3. The molecule has 0 atom stereocenters. The number of halogens is 4. The molecule has 0 saturated heterocycles. The van der Waals surface area contributed by atoms with Gasteiger partial charge < -0.3 is 5.32 Å². The minimum Gasteiger partial charge on any atom is -0.383 e. The van der Waals surface area contributed by atoms with Gasteiger partial charge in [-0.15, -0.1) is 0 Å². The summed E-state index contributed by atoms with van der Waals surface area (Å²) in [5.74, 6) is 0. The number of rotatable bonds is 7. The van der Waals surface area contributed by atoms with Crippen LogP contribution in [-0.4, -0.2) is 22.5 Å². The number of anilines is 1. The molecular formula is C12H17BrF3N3O. The molecule has 0 amide bonds. The standard InChI is InChI=1S/C12H17BrF3N3O/c1-2-3-7-19-11(20)10(13)9(8-18-19)17-6-4-5-12(14,15)16/h8,17H,2-7H2,1H3. The molecule has 0 aliphatic heterocycles. The highest BCUT2D eigenvalue weighted by Crippen LogP contribution is 2.22. The van der Waals surface area contributed by atoms with E-state index in [0.29, 0.717) is 16.7 Å². The summed E-state index contributed by atoms with van der Waals surface area (Å²) in [6.07, 6.45) is -1.80. The number of unbranched alkanes of at least 4 members (excludes halogenated alkanes) is 1. The Morgan fingerprint density at radius 2 is 2.10 bits per heavy atom. The Morgan fingerprint density at radius 3 is 2.70 bits per heavy atom. The average molecular weight is 356 g/mol. The van der Waals surface area contributed by atoms with Gasteiger partial charge in [-0.1, -0.05) is 13.3 Å². The second-order valence-electron chi connectivity index (χ2n) is 4.40. The number of aryl methyl sites for hydroxylation is 1. The summed E-state index contributed by atoms with van der Waals surface area (Å²) in [5.41, 5.74) is 0.143. The van der Waals surface area contributed by atoms with Crippen molar-refractivity contribution in [3.8, 4) is 0 Å². The molecule has 114 valence electrons. The van der Waals surface area contributed by atoms with Crippen molar-refractivity contribution in [2.75, 3.05) is 11.9 Å². The van der Waals surface area contributed by atoms with E-state index >= 15 is 0 Å². The van der Waals surface area contributed by atoms with Crippen molar-refractivity contribution >= 4 is 21.6 Å². The highest BCUT2D eigenvalue weighted by molar-refractivity contribution is 9.10. The molecule has 0 aliphatic carbocycles. The topological polar surface area (TPSA) is 46.9 Å². The predicted octanol–water partition coefficient (Wildman–Crippen LogP) is 3.56. The summed E-state index contributed by atoms with van der Waals surface area (Å²) in [6, 6.07) is 0. The molecule has 20 heavy (non-hydrogen) atoms. The fourth-order valence-corrected chi connectivity index (χ4v) is 2.01. The van der Waals surface area contributed by atoms with Crippen molar-refractivity contribution in [3.05, 3.63) is 21.0 Å². The van der Waals surface area contributed by atoms with E-state index in [2.05, 4.69) is 26.3 Å². The van der Waals surface area contributed by atoms with Gasteiger partial charge in [0.15, 0.2) is 0 Å². The minimum absolute atomic E-state index is 0.0468. The second-order valence-corrected chi connectivity index (χ2v) is 5.19. The maximum absolute atomic E-state index is 12.0. The van der Waals surface area contributed by atoms with Crippen LogP contribution in [-0.2, 0) is 6.54 Å². The molecule has 0 saturated carbocycles. The second kappa shape index (κ2) is 7.66. The van der Waals surface area contributed by atoms with Crippen molar-refractivity contribution in [1.29, 1.82) is 0 Å². The van der Waals surface area contributed by atoms with E-state index in [1.165, 1.54) is 10.9 Å². The molecule has 0 fully saturated rings. The van der Waals surface area contributed by atoms with Crippen LogP contribution in [0.2, 0.25) is 0 Å². The van der Waals surface area contributed by atoms with Crippen LogP contribution in [0.4, 0.5) is 18.9 Å². The van der Waals surface area contributed by atoms with Gasteiger partial charge in [0, 0.05) is 19.5 Å². The molecule has 4 nitrogen and oxygen atoms in total. The molecule has 1 rings (SSSR count). The lowest BCUT2D eigenvalue weighted by atomic mass is 10.3. The number of hydrogen-bond donors (Lipinski definition) is 1. The van der Waals surface area contributed by atoms with Crippen LogP contribution in [0.25, 0.3) is 0 Å². The fourth-order valence-electron chi connectivity index (χ4n) is 1.57. The van der Waals surface area contributed by atoms with Crippen molar-refractivity contribution in [2.45, 2.75) is 45.3 Å². The number of hydrogen-bond acceptors (Lipinski definition) is 3. The number of nitrogens with one attached hydrogen (secondary N) is 1. The zero-order valence-electron chi connectivity index (χ0n) is 11.1. The molecule has 8 heteroatoms. The Hall–Kier alpha value is -1.05. The monoisotopic (exact) mass is 355 g/mol. The van der Waals surface area contributed by atoms with E-state index in [9.17, 15) is 18.0 Å². The van der Waals surface area contributed by atoms with Crippen molar-refractivity contribution < 1.29 is 13.2 Å². The van der Waals surface area contributed by atoms with Gasteiger partial charge in [-0.25, -0.2) is 4.68 Å². The molecule has 0 spiro atoms. The van der Waals surface area contributed by atoms with Crippen LogP contribution in [0, 0.1) is 0 Å². The first kappa shape index (κ1) is 17.0. The van der Waals surface area contributed by atoms with Crippen LogP contribution in [0.3, 0.4) is 0 Å². The molecule has 0 unspecified atom stereocenters. The lowest BCUT2D eigenvalue weighted by Gasteiger charge is -2.11. The van der Waals surface area contributed by atoms with Gasteiger partial charge in [-0.05, 0) is 28.8 Å². The quantitative estimate of drug-likeness (QED) is 0.760. The lowest BCUT2D eigenvalue weighted by molar-refractivity contribution is -0.134. The summed E-state index contributed by atoms with van der Waals surface area (Å²) < 4.78 is 37.6. The Balaban J connectivity index is 2.59. The highest BCUT2D eigenvalue weighted by Gasteiger charge is 2.25. The van der Waals surface area contributed by atoms with Crippen molar-refractivity contribution in [2.24, 2.45) is 0 Å². The van der Waals surface area contributed by atoms with Gasteiger partial charge >= 0.3 is 6.18 Å². The summed E-state index contributed by atoms with van der Waals surface area (Å²) in [7, 11) is 0. The van der Waals surface area contributed by atoms with E-state index in [4.69, 9.17) is 0 Å². The first-order valence-corrected chi connectivity index (χ1v) is 7.20. The minimum atomic E-state index is -4.15. The van der Waals surface area contributed by atoms with E-state index in [0.717, 1.165) is 12.8 Å². The first-order valence-electron chi connectivity index (χ1n) is 6.41. The zero-order valence-corrected chi connectivity index (χ0v) is 12.7. The first-order chi connectivity index (χ1) is 9.35. The van der Waals surface area contributed by atoms with Crippen LogP contribution in [0.15, 0.2) is 15.5 Å². The Bertz CT molecular complexity index is 488. The normalized spacial score (nSPS) is 11.7. The third-order valence-electron chi connectivity index (χ3n) is 2.66. The van der Waals surface area contributed by atoms with Gasteiger partial charge in [0.2, 0.25) is 0 Å². The maximum atomic E-state index is 12.0. The number of aromatic nitrogens is 2. The molecule has 1 N–H and O–H groups in total. The van der Waals surface area contributed by atoms with E-state index in [-0.39, 0.29) is 18.5 Å². The number of nitrogens with zero attached hydrogens (tertiary/aromatic N) is 2. The van der Waals surface area contributed by atoms with Crippen LogP contribution in [0.5, 0.6) is 0 Å². The Kier molecular flexibility index (Phi) is 6.51. The van der Waals surface area contributed by atoms with E-state index in [1.54, 1.807) is 0 Å². The third-order valence-corrected chi connectivity index (χ3v) is 3.43. The van der Waals surface area contributed by atoms with Crippen LogP contribution >= 0.6 is 15.9 Å². The van der Waals surface area contributed by atoms with E-state index < -0.39 is 12.6 Å². The van der Waals surface area contributed by atoms with Gasteiger partial charge in [-0.3, -0.25) is 4.79 Å². The summed E-state index contributed by atoms with van der Waals surface area (Å²) >= 11 is 3.16. The SMILES string of the molecule is CCCCn1ncc(NCCCC(F)(F)F)c(Br)c1=O. The van der Waals surface area contributed by atoms with E-state index in [1.807, 2.05) is 6.92 Å². The summed E-state index contributed by atoms with van der Waals surface area (Å²) in [6.45, 7) is 2.68. The largest absolute Gasteiger partial charge is 0.389 e. The fraction of sp³-hybridized carbons (Fsp3) is 0.667. The maximum Gasteiger partial charge on any atom is 0.389 e.